The summed E-state index contributed by atoms with van der Waals surface area (Å²) in [4.78, 5) is 28.9. The van der Waals surface area contributed by atoms with Gasteiger partial charge in [0.15, 0.2) is 0 Å². The largest absolute Gasteiger partial charge is 0.417 e. The van der Waals surface area contributed by atoms with E-state index in [4.69, 9.17) is 10.00 Å². The molecule has 1 aliphatic carbocycles. The van der Waals surface area contributed by atoms with Gasteiger partial charge in [0.2, 0.25) is 0 Å². The number of hydrogen-bond donors (Lipinski definition) is 1. The molecule has 0 bridgehead atoms. The standard InChI is InChI=1S/C26H24F4N4O3/c27-21-12-18(7-8-19(21)24(35)32-16-9-10-37-14-16)34-23-4-2-1-3-22(23)33(25(34)36)17-6-5-15(13-31)20(11-17)26(28,29)30/h5-8,11-12,16,22-23H,1-4,9-10,14H2,(H,32,35). The lowest BCUT2D eigenvalue weighted by molar-refractivity contribution is -0.137. The number of alkyl halides is 3. The van der Waals surface area contributed by atoms with E-state index in [1.165, 1.54) is 28.0 Å². The van der Waals surface area contributed by atoms with Crippen LogP contribution in [0.4, 0.5) is 33.7 Å². The van der Waals surface area contributed by atoms with Crippen molar-refractivity contribution < 1.29 is 31.9 Å². The van der Waals surface area contributed by atoms with E-state index in [0.717, 1.165) is 31.0 Å². The summed E-state index contributed by atoms with van der Waals surface area (Å²) in [5, 5.41) is 11.9. The molecule has 2 aromatic rings. The number of anilines is 2. The molecule has 194 valence electrons. The normalized spacial score (nSPS) is 23.6. The molecule has 1 saturated carbocycles. The van der Waals surface area contributed by atoms with Gasteiger partial charge in [-0.1, -0.05) is 12.8 Å². The quantitative estimate of drug-likeness (QED) is 0.580. The Morgan fingerprint density at radius 1 is 1.03 bits per heavy atom. The fourth-order valence-electron chi connectivity index (χ4n) is 5.46. The Kier molecular flexibility index (Phi) is 6.54. The molecule has 3 atom stereocenters. The molecule has 5 rings (SSSR count). The summed E-state index contributed by atoms with van der Waals surface area (Å²) in [6.45, 7) is 0.879. The van der Waals surface area contributed by atoms with Gasteiger partial charge in [-0.05, 0) is 55.7 Å². The van der Waals surface area contributed by atoms with Gasteiger partial charge in [-0.3, -0.25) is 14.6 Å². The molecular weight excluding hydrogens is 492 g/mol. The zero-order valence-corrected chi connectivity index (χ0v) is 19.7. The van der Waals surface area contributed by atoms with Crippen LogP contribution in [0, 0.1) is 17.1 Å². The van der Waals surface area contributed by atoms with Crippen LogP contribution in [0.2, 0.25) is 0 Å². The predicted octanol–water partition coefficient (Wildman–Crippen LogP) is 4.99. The number of urea groups is 1. The van der Waals surface area contributed by atoms with Crippen LogP contribution in [0.15, 0.2) is 36.4 Å². The second-order valence-electron chi connectivity index (χ2n) is 9.48. The third kappa shape index (κ3) is 4.62. The SMILES string of the molecule is N#Cc1ccc(N2C(=O)N(c3ccc(C(=O)NC4CCOC4)c(F)c3)C3CCCCC32)cc1C(F)(F)F. The van der Waals surface area contributed by atoms with Gasteiger partial charge in [-0.2, -0.15) is 18.4 Å². The molecule has 1 N–H and O–H groups in total. The van der Waals surface area contributed by atoms with Gasteiger partial charge in [0.05, 0.1) is 47.5 Å². The third-order valence-electron chi connectivity index (χ3n) is 7.22. The second-order valence-corrected chi connectivity index (χ2v) is 9.48. The van der Waals surface area contributed by atoms with Crippen molar-refractivity contribution in [2.24, 2.45) is 0 Å². The molecule has 0 spiro atoms. The number of nitriles is 1. The molecule has 0 radical (unpaired) electrons. The van der Waals surface area contributed by atoms with Crippen molar-refractivity contribution in [1.29, 1.82) is 5.26 Å². The minimum Gasteiger partial charge on any atom is -0.379 e. The van der Waals surface area contributed by atoms with Crippen molar-refractivity contribution >= 4 is 23.3 Å². The molecule has 7 nitrogen and oxygen atoms in total. The molecule has 0 aromatic heterocycles. The molecule has 2 aromatic carbocycles. The molecule has 2 saturated heterocycles. The van der Waals surface area contributed by atoms with Gasteiger partial charge in [0, 0.05) is 18.0 Å². The minimum absolute atomic E-state index is 0.0333. The Balaban J connectivity index is 1.47. The first-order valence-corrected chi connectivity index (χ1v) is 12.1. The number of nitrogens with zero attached hydrogens (tertiary/aromatic N) is 3. The number of ether oxygens (including phenoxy) is 1. The van der Waals surface area contributed by atoms with Crippen LogP contribution in [0.5, 0.6) is 0 Å². The smallest absolute Gasteiger partial charge is 0.379 e. The minimum atomic E-state index is -4.76. The van der Waals surface area contributed by atoms with Crippen LogP contribution < -0.4 is 15.1 Å². The lowest BCUT2D eigenvalue weighted by Crippen LogP contribution is -2.40. The molecule has 2 aliphatic heterocycles. The summed E-state index contributed by atoms with van der Waals surface area (Å²) in [5.74, 6) is -1.38. The Hall–Kier alpha value is -3.65. The van der Waals surface area contributed by atoms with E-state index in [2.05, 4.69) is 5.32 Å². The van der Waals surface area contributed by atoms with E-state index in [-0.39, 0.29) is 29.0 Å². The van der Waals surface area contributed by atoms with Crippen LogP contribution in [-0.2, 0) is 10.9 Å². The summed E-state index contributed by atoms with van der Waals surface area (Å²) in [7, 11) is 0. The number of fused-ring (bicyclic) bond motifs is 1. The van der Waals surface area contributed by atoms with Crippen molar-refractivity contribution in [1.82, 2.24) is 5.32 Å². The van der Waals surface area contributed by atoms with Gasteiger partial charge < -0.3 is 10.1 Å². The van der Waals surface area contributed by atoms with Crippen molar-refractivity contribution in [3.05, 3.63) is 58.9 Å². The second kappa shape index (κ2) is 9.67. The number of benzene rings is 2. The van der Waals surface area contributed by atoms with E-state index in [9.17, 15) is 22.8 Å². The monoisotopic (exact) mass is 516 g/mol. The van der Waals surface area contributed by atoms with Gasteiger partial charge in [0.25, 0.3) is 5.91 Å². The van der Waals surface area contributed by atoms with E-state index in [1.54, 1.807) is 6.07 Å². The summed E-state index contributed by atoms with van der Waals surface area (Å²) >= 11 is 0. The van der Waals surface area contributed by atoms with Crippen molar-refractivity contribution in [2.45, 2.75) is 56.4 Å². The zero-order valence-electron chi connectivity index (χ0n) is 19.7. The number of halogens is 4. The van der Waals surface area contributed by atoms with Crippen LogP contribution >= 0.6 is 0 Å². The van der Waals surface area contributed by atoms with E-state index in [1.807, 2.05) is 0 Å². The van der Waals surface area contributed by atoms with E-state index in [0.29, 0.717) is 32.5 Å². The Morgan fingerprint density at radius 2 is 1.68 bits per heavy atom. The number of hydrogen-bond acceptors (Lipinski definition) is 4. The highest BCUT2D eigenvalue weighted by Gasteiger charge is 2.48. The average Bonchev–Trinajstić information content (AvgIpc) is 3.48. The van der Waals surface area contributed by atoms with Crippen LogP contribution in [0.3, 0.4) is 0 Å². The topological polar surface area (TPSA) is 85.7 Å². The first-order chi connectivity index (χ1) is 17.7. The first-order valence-electron chi connectivity index (χ1n) is 12.1. The number of carbonyl (C=O) groups is 2. The lowest BCUT2D eigenvalue weighted by Gasteiger charge is -2.32. The van der Waals surface area contributed by atoms with Gasteiger partial charge in [0.1, 0.15) is 5.82 Å². The highest BCUT2D eigenvalue weighted by Crippen LogP contribution is 2.42. The fraction of sp³-hybridized carbons (Fsp3) is 0.423. The maximum absolute atomic E-state index is 15.1. The molecule has 3 aliphatic rings. The van der Waals surface area contributed by atoms with Crippen molar-refractivity contribution in [3.63, 3.8) is 0 Å². The highest BCUT2D eigenvalue weighted by atomic mass is 19.4. The summed E-state index contributed by atoms with van der Waals surface area (Å²) in [6, 6.07) is 7.13. The average molecular weight is 516 g/mol. The Labute approximate surface area is 210 Å². The van der Waals surface area contributed by atoms with Crippen LogP contribution in [0.25, 0.3) is 0 Å². The molecule has 37 heavy (non-hydrogen) atoms. The van der Waals surface area contributed by atoms with Gasteiger partial charge in [-0.15, -0.1) is 0 Å². The zero-order chi connectivity index (χ0) is 26.3. The number of amides is 3. The van der Waals surface area contributed by atoms with Crippen molar-refractivity contribution in [3.8, 4) is 6.07 Å². The van der Waals surface area contributed by atoms with Crippen LogP contribution in [0.1, 0.15) is 53.6 Å². The fourth-order valence-corrected chi connectivity index (χ4v) is 5.46. The van der Waals surface area contributed by atoms with Crippen LogP contribution in [-0.4, -0.2) is 43.3 Å². The first kappa shape index (κ1) is 25.0. The number of rotatable bonds is 4. The Bertz CT molecular complexity index is 1270. The summed E-state index contributed by atoms with van der Waals surface area (Å²) in [6.07, 6.45) is -1.36. The third-order valence-corrected chi connectivity index (χ3v) is 7.22. The predicted molar refractivity (Wildman–Crippen MR) is 126 cm³/mol. The lowest BCUT2D eigenvalue weighted by atomic mass is 9.89. The Morgan fingerprint density at radius 3 is 2.24 bits per heavy atom. The van der Waals surface area contributed by atoms with Gasteiger partial charge >= 0.3 is 12.2 Å². The summed E-state index contributed by atoms with van der Waals surface area (Å²) < 4.78 is 61.1. The van der Waals surface area contributed by atoms with E-state index >= 15 is 4.39 Å². The molecule has 3 amide bonds. The maximum atomic E-state index is 15.1. The maximum Gasteiger partial charge on any atom is 0.417 e. The highest BCUT2D eigenvalue weighted by molar-refractivity contribution is 6.08. The molecule has 3 fully saturated rings. The molecule has 2 heterocycles. The summed E-state index contributed by atoms with van der Waals surface area (Å²) in [5.41, 5.74) is -1.54. The van der Waals surface area contributed by atoms with Gasteiger partial charge in [-0.25, -0.2) is 9.18 Å². The number of carbonyl (C=O) groups excluding carboxylic acids is 2. The molecule has 3 unspecified atom stereocenters. The molecular formula is C26H24F4N4O3. The van der Waals surface area contributed by atoms with Crippen molar-refractivity contribution in [2.75, 3.05) is 23.0 Å². The van der Waals surface area contributed by atoms with E-state index < -0.39 is 41.1 Å². The number of nitrogens with one attached hydrogen (secondary N) is 1. The molecule has 11 heteroatoms.